The third-order valence-electron chi connectivity index (χ3n) is 13.9. The average molecular weight is 906 g/mol. The minimum atomic E-state index is -0.764. The van der Waals surface area contributed by atoms with E-state index in [0.717, 1.165) is 75.5 Å². The quantitative estimate of drug-likeness (QED) is 0.0344. The minimum Gasteiger partial charge on any atom is -0.462 e. The van der Waals surface area contributed by atoms with Crippen molar-refractivity contribution in [2.45, 2.75) is 324 Å². The number of hydrogen-bond acceptors (Lipinski definition) is 6. The van der Waals surface area contributed by atoms with E-state index in [0.29, 0.717) is 19.3 Å². The molecule has 6 nitrogen and oxygen atoms in total. The lowest BCUT2D eigenvalue weighted by molar-refractivity contribution is -0.167. The van der Waals surface area contributed by atoms with E-state index in [9.17, 15) is 14.4 Å². The molecule has 380 valence electrons. The van der Waals surface area contributed by atoms with Gasteiger partial charge in [-0.25, -0.2) is 0 Å². The fourth-order valence-corrected chi connectivity index (χ4v) is 8.76. The molecule has 3 atom stereocenters. The number of hydrogen-bond donors (Lipinski definition) is 0. The van der Waals surface area contributed by atoms with Crippen LogP contribution in [0.25, 0.3) is 0 Å². The van der Waals surface area contributed by atoms with Crippen molar-refractivity contribution in [3.8, 4) is 0 Å². The van der Waals surface area contributed by atoms with Gasteiger partial charge < -0.3 is 14.2 Å². The van der Waals surface area contributed by atoms with Gasteiger partial charge in [-0.3, -0.25) is 14.4 Å². The third-order valence-corrected chi connectivity index (χ3v) is 13.9. The molecule has 0 aromatic carbocycles. The summed E-state index contributed by atoms with van der Waals surface area (Å²) in [5.41, 5.74) is 0. The molecule has 0 amide bonds. The van der Waals surface area contributed by atoms with E-state index in [1.165, 1.54) is 199 Å². The second-order valence-corrected chi connectivity index (χ2v) is 20.9. The molecule has 0 radical (unpaired) electrons. The predicted molar refractivity (Wildman–Crippen MR) is 275 cm³/mol. The molecule has 0 aliphatic heterocycles. The third kappa shape index (κ3) is 48.3. The topological polar surface area (TPSA) is 78.9 Å². The Balaban J connectivity index is 4.21. The van der Waals surface area contributed by atoms with Crippen LogP contribution in [-0.2, 0) is 28.6 Å². The Hall–Kier alpha value is -1.59. The first-order valence-electron chi connectivity index (χ1n) is 28.7. The van der Waals surface area contributed by atoms with Crippen molar-refractivity contribution < 1.29 is 28.6 Å². The van der Waals surface area contributed by atoms with Crippen molar-refractivity contribution >= 4 is 17.9 Å². The van der Waals surface area contributed by atoms with Crippen LogP contribution in [0.1, 0.15) is 318 Å². The highest BCUT2D eigenvalue weighted by Crippen LogP contribution is 2.19. The lowest BCUT2D eigenvalue weighted by atomic mass is 9.99. The predicted octanol–water partition coefficient (Wildman–Crippen LogP) is 18.7. The highest BCUT2D eigenvalue weighted by molar-refractivity contribution is 5.71. The van der Waals surface area contributed by atoms with Gasteiger partial charge in [-0.2, -0.15) is 0 Å². The van der Waals surface area contributed by atoms with Crippen LogP contribution in [0.2, 0.25) is 0 Å². The molecule has 0 aliphatic rings. The molecule has 64 heavy (non-hydrogen) atoms. The fourth-order valence-electron chi connectivity index (χ4n) is 8.76. The van der Waals surface area contributed by atoms with Crippen molar-refractivity contribution in [1.29, 1.82) is 0 Å². The largest absolute Gasteiger partial charge is 0.462 e. The van der Waals surface area contributed by atoms with Crippen LogP contribution < -0.4 is 0 Å². The summed E-state index contributed by atoms with van der Waals surface area (Å²) in [5, 5.41) is 0. The van der Waals surface area contributed by atoms with Crippen LogP contribution in [0.5, 0.6) is 0 Å². The van der Waals surface area contributed by atoms with Crippen LogP contribution in [-0.4, -0.2) is 37.2 Å². The Morgan fingerprint density at radius 3 is 0.812 bits per heavy atom. The molecule has 0 aliphatic carbocycles. The number of esters is 3. The Morgan fingerprint density at radius 1 is 0.312 bits per heavy atom. The van der Waals surface area contributed by atoms with Gasteiger partial charge in [0, 0.05) is 19.3 Å². The van der Waals surface area contributed by atoms with Crippen LogP contribution in [0.15, 0.2) is 0 Å². The van der Waals surface area contributed by atoms with Gasteiger partial charge in [0.1, 0.15) is 13.2 Å². The highest BCUT2D eigenvalue weighted by Gasteiger charge is 2.19. The van der Waals surface area contributed by atoms with E-state index >= 15 is 0 Å². The van der Waals surface area contributed by atoms with E-state index in [1.807, 2.05) is 0 Å². The zero-order chi connectivity index (χ0) is 47.0. The summed E-state index contributed by atoms with van der Waals surface area (Å²) in [6.07, 6.45) is 50.9. The van der Waals surface area contributed by atoms with Crippen molar-refractivity contribution in [2.24, 2.45) is 17.8 Å². The van der Waals surface area contributed by atoms with E-state index in [2.05, 4.69) is 41.5 Å². The Labute approximate surface area is 399 Å². The minimum absolute atomic E-state index is 0.0644. The number of rotatable bonds is 51. The standard InChI is InChI=1S/C58H112O6/c1-7-53(5)45-39-33-27-21-17-15-13-11-9-10-12-14-16-18-22-29-35-41-47-56(59)62-50-55(64-58(61)49-43-37-31-25-24-28-34-40-46-54(6)8-2)51-63-57(60)48-42-36-30-23-19-20-26-32-38-44-52(3)4/h52-55H,7-51H2,1-6H3/t53?,54?,55-/m1/s1. The van der Waals surface area contributed by atoms with Crippen molar-refractivity contribution in [1.82, 2.24) is 0 Å². The molecule has 0 bridgehead atoms. The molecule has 0 aromatic heterocycles. The van der Waals surface area contributed by atoms with E-state index in [1.54, 1.807) is 0 Å². The zero-order valence-corrected chi connectivity index (χ0v) is 44.1. The van der Waals surface area contributed by atoms with E-state index in [4.69, 9.17) is 14.2 Å². The molecule has 0 N–H and O–H groups in total. The molecule has 0 spiro atoms. The number of carbonyl (C=O) groups excluding carboxylic acids is 3. The molecular weight excluding hydrogens is 793 g/mol. The maximum Gasteiger partial charge on any atom is 0.306 e. The SMILES string of the molecule is CCC(C)CCCCCCCCCCCCCCCCCCCCC(=O)OC[C@H](COC(=O)CCCCCCCCCCCC(C)C)OC(=O)CCCCCCCCCCC(C)CC. The van der Waals surface area contributed by atoms with Gasteiger partial charge >= 0.3 is 17.9 Å². The van der Waals surface area contributed by atoms with Crippen molar-refractivity contribution in [3.05, 3.63) is 0 Å². The summed E-state index contributed by atoms with van der Waals surface area (Å²) < 4.78 is 16.9. The van der Waals surface area contributed by atoms with Crippen LogP contribution in [0.4, 0.5) is 0 Å². The molecule has 0 rings (SSSR count). The first kappa shape index (κ1) is 62.4. The summed E-state index contributed by atoms with van der Waals surface area (Å²) in [5.74, 6) is 1.71. The molecular formula is C58H112O6. The second-order valence-electron chi connectivity index (χ2n) is 20.9. The van der Waals surface area contributed by atoms with Crippen LogP contribution in [0.3, 0.4) is 0 Å². The lowest BCUT2D eigenvalue weighted by Crippen LogP contribution is -2.30. The van der Waals surface area contributed by atoms with Gasteiger partial charge in [-0.15, -0.1) is 0 Å². The van der Waals surface area contributed by atoms with Gasteiger partial charge in [-0.05, 0) is 37.0 Å². The summed E-state index contributed by atoms with van der Waals surface area (Å²) in [4.78, 5) is 38.1. The second kappa shape index (κ2) is 49.3. The molecule has 2 unspecified atom stereocenters. The van der Waals surface area contributed by atoms with Crippen molar-refractivity contribution in [2.75, 3.05) is 13.2 Å². The van der Waals surface area contributed by atoms with E-state index < -0.39 is 6.10 Å². The Kier molecular flexibility index (Phi) is 48.1. The number of unbranched alkanes of at least 4 members (excludes halogenated alkanes) is 32. The molecule has 0 fully saturated rings. The molecule has 0 saturated heterocycles. The maximum atomic E-state index is 12.8. The van der Waals surface area contributed by atoms with Gasteiger partial charge in [0.2, 0.25) is 0 Å². The van der Waals surface area contributed by atoms with Gasteiger partial charge in [0.25, 0.3) is 0 Å². The van der Waals surface area contributed by atoms with E-state index in [-0.39, 0.29) is 31.1 Å². The molecule has 6 heteroatoms. The monoisotopic (exact) mass is 905 g/mol. The Bertz CT molecular complexity index is 995. The fraction of sp³-hybridized carbons (Fsp3) is 0.948. The van der Waals surface area contributed by atoms with Crippen LogP contribution >= 0.6 is 0 Å². The summed E-state index contributed by atoms with van der Waals surface area (Å²) in [6.45, 7) is 13.8. The lowest BCUT2D eigenvalue weighted by Gasteiger charge is -2.18. The van der Waals surface area contributed by atoms with Crippen LogP contribution in [0, 0.1) is 17.8 Å². The van der Waals surface area contributed by atoms with Gasteiger partial charge in [-0.1, -0.05) is 279 Å². The maximum absolute atomic E-state index is 12.8. The summed E-state index contributed by atoms with van der Waals surface area (Å²) in [7, 11) is 0. The summed E-state index contributed by atoms with van der Waals surface area (Å²) >= 11 is 0. The molecule has 0 heterocycles. The molecule has 0 saturated carbocycles. The van der Waals surface area contributed by atoms with Gasteiger partial charge in [0.15, 0.2) is 6.10 Å². The number of ether oxygens (including phenoxy) is 3. The smallest absolute Gasteiger partial charge is 0.306 e. The normalized spacial score (nSPS) is 13.0. The Morgan fingerprint density at radius 2 is 0.547 bits per heavy atom. The zero-order valence-electron chi connectivity index (χ0n) is 44.1. The van der Waals surface area contributed by atoms with Crippen molar-refractivity contribution in [3.63, 3.8) is 0 Å². The van der Waals surface area contributed by atoms with Gasteiger partial charge in [0.05, 0.1) is 0 Å². The molecule has 0 aromatic rings. The first-order valence-corrected chi connectivity index (χ1v) is 28.7. The first-order chi connectivity index (χ1) is 31.2. The average Bonchev–Trinajstić information content (AvgIpc) is 3.28. The number of carbonyl (C=O) groups is 3. The highest BCUT2D eigenvalue weighted by atomic mass is 16.6. The summed E-state index contributed by atoms with van der Waals surface area (Å²) in [6, 6.07) is 0.